The summed E-state index contributed by atoms with van der Waals surface area (Å²) in [6.07, 6.45) is 2.69. The smallest absolute Gasteiger partial charge is 0.123 e. The summed E-state index contributed by atoms with van der Waals surface area (Å²) < 4.78 is 5.91. The van der Waals surface area contributed by atoms with E-state index >= 15 is 0 Å². The minimum Gasteiger partial charge on any atom is -0.490 e. The molecule has 0 aliphatic carbocycles. The van der Waals surface area contributed by atoms with Gasteiger partial charge < -0.3 is 4.74 Å². The summed E-state index contributed by atoms with van der Waals surface area (Å²) in [5, 5.41) is 0. The summed E-state index contributed by atoms with van der Waals surface area (Å²) in [4.78, 5) is 0. The summed E-state index contributed by atoms with van der Waals surface area (Å²) in [5.41, 5.74) is 2.71. The summed E-state index contributed by atoms with van der Waals surface area (Å²) in [6, 6.07) is 6.50. The molecule has 1 nitrogen and oxygen atoms in total. The van der Waals surface area contributed by atoms with Crippen LogP contribution >= 0.6 is 0 Å². The molecule has 14 heavy (non-hydrogen) atoms. The molecular formula is C13H18O. The molecule has 2 atom stereocenters. The number of ether oxygens (including phenoxy) is 1. The van der Waals surface area contributed by atoms with Crippen molar-refractivity contribution in [2.45, 2.75) is 45.6 Å². The van der Waals surface area contributed by atoms with E-state index in [4.69, 9.17) is 4.74 Å². The van der Waals surface area contributed by atoms with Crippen molar-refractivity contribution in [1.82, 2.24) is 0 Å². The van der Waals surface area contributed by atoms with Gasteiger partial charge in [0.2, 0.25) is 0 Å². The fraction of sp³-hybridized carbons (Fsp3) is 0.538. The van der Waals surface area contributed by atoms with Crippen LogP contribution in [-0.2, 0) is 0 Å². The van der Waals surface area contributed by atoms with E-state index in [1.165, 1.54) is 11.1 Å². The number of fused-ring (bicyclic) bond motifs is 1. The molecule has 0 N–H and O–H groups in total. The summed E-state index contributed by atoms with van der Waals surface area (Å²) in [6.45, 7) is 6.62. The zero-order chi connectivity index (χ0) is 10.1. The maximum atomic E-state index is 5.91. The Morgan fingerprint density at radius 3 is 2.93 bits per heavy atom. The number of hydrogen-bond acceptors (Lipinski definition) is 1. The van der Waals surface area contributed by atoms with E-state index in [-0.39, 0.29) is 0 Å². The first-order chi connectivity index (χ1) is 6.70. The zero-order valence-corrected chi connectivity index (χ0v) is 9.21. The minimum atomic E-state index is 0.417. The van der Waals surface area contributed by atoms with Gasteiger partial charge in [-0.25, -0.2) is 0 Å². The van der Waals surface area contributed by atoms with Gasteiger partial charge in [-0.05, 0) is 37.3 Å². The van der Waals surface area contributed by atoms with Crippen LogP contribution in [-0.4, -0.2) is 6.10 Å². The van der Waals surface area contributed by atoms with Crippen molar-refractivity contribution in [1.29, 1.82) is 0 Å². The Labute approximate surface area is 86.1 Å². The second-order valence-corrected chi connectivity index (χ2v) is 4.33. The monoisotopic (exact) mass is 190 g/mol. The maximum Gasteiger partial charge on any atom is 0.123 e. The Morgan fingerprint density at radius 1 is 1.43 bits per heavy atom. The van der Waals surface area contributed by atoms with Gasteiger partial charge in [0.25, 0.3) is 0 Å². The van der Waals surface area contributed by atoms with Crippen molar-refractivity contribution in [3.63, 3.8) is 0 Å². The van der Waals surface area contributed by atoms with Crippen LogP contribution in [0.15, 0.2) is 18.2 Å². The van der Waals surface area contributed by atoms with Crippen LogP contribution in [0, 0.1) is 6.92 Å². The minimum absolute atomic E-state index is 0.417. The maximum absolute atomic E-state index is 5.91. The predicted octanol–water partition coefficient (Wildman–Crippen LogP) is 3.66. The Hall–Kier alpha value is -0.980. The molecule has 76 valence electrons. The lowest BCUT2D eigenvalue weighted by Crippen LogP contribution is -2.23. The van der Waals surface area contributed by atoms with E-state index < -0.39 is 0 Å². The largest absolute Gasteiger partial charge is 0.490 e. The first-order valence-electron chi connectivity index (χ1n) is 5.48. The van der Waals surface area contributed by atoms with Crippen LogP contribution in [0.2, 0.25) is 0 Å². The molecular weight excluding hydrogens is 172 g/mol. The van der Waals surface area contributed by atoms with Crippen molar-refractivity contribution in [3.05, 3.63) is 29.3 Å². The third kappa shape index (κ3) is 1.63. The van der Waals surface area contributed by atoms with E-state index in [1.54, 1.807) is 0 Å². The lowest BCUT2D eigenvalue weighted by atomic mass is 9.90. The molecule has 1 heterocycles. The average Bonchev–Trinajstić information content (AvgIpc) is 2.19. The fourth-order valence-corrected chi connectivity index (χ4v) is 2.16. The third-order valence-electron chi connectivity index (χ3n) is 3.06. The molecule has 1 aromatic rings. The fourth-order valence-electron chi connectivity index (χ4n) is 2.16. The number of aryl methyl sites for hydroxylation is 1. The Balaban J connectivity index is 2.35. The van der Waals surface area contributed by atoms with Crippen LogP contribution in [0.25, 0.3) is 0 Å². The van der Waals surface area contributed by atoms with Crippen LogP contribution in [0.5, 0.6) is 5.75 Å². The molecule has 1 aromatic carbocycles. The van der Waals surface area contributed by atoms with Gasteiger partial charge in [0.1, 0.15) is 5.75 Å². The normalized spacial score (nSPS) is 25.4. The van der Waals surface area contributed by atoms with Gasteiger partial charge >= 0.3 is 0 Å². The highest BCUT2D eigenvalue weighted by atomic mass is 16.5. The molecule has 2 unspecified atom stereocenters. The molecule has 1 aliphatic rings. The molecule has 1 aliphatic heterocycles. The van der Waals surface area contributed by atoms with Gasteiger partial charge in [-0.2, -0.15) is 0 Å². The van der Waals surface area contributed by atoms with E-state index in [2.05, 4.69) is 39.0 Å². The standard InChI is InChI=1S/C13H18O/c1-4-11-8-10(3)12-7-9(2)5-6-13(12)14-11/h5-7,10-11H,4,8H2,1-3H3. The quantitative estimate of drug-likeness (QED) is 0.656. The average molecular weight is 190 g/mol. The Morgan fingerprint density at radius 2 is 2.21 bits per heavy atom. The predicted molar refractivity (Wildman–Crippen MR) is 58.9 cm³/mol. The number of rotatable bonds is 1. The highest BCUT2D eigenvalue weighted by Gasteiger charge is 2.23. The van der Waals surface area contributed by atoms with Gasteiger partial charge in [-0.15, -0.1) is 0 Å². The molecule has 0 spiro atoms. The van der Waals surface area contributed by atoms with E-state index in [0.29, 0.717) is 12.0 Å². The van der Waals surface area contributed by atoms with Crippen LogP contribution in [0.1, 0.15) is 43.7 Å². The second-order valence-electron chi connectivity index (χ2n) is 4.33. The van der Waals surface area contributed by atoms with Gasteiger partial charge in [0, 0.05) is 0 Å². The highest BCUT2D eigenvalue weighted by Crippen LogP contribution is 2.37. The van der Waals surface area contributed by atoms with Gasteiger partial charge in [-0.1, -0.05) is 31.5 Å². The third-order valence-corrected chi connectivity index (χ3v) is 3.06. The molecule has 0 radical (unpaired) electrons. The molecule has 0 fully saturated rings. The first-order valence-corrected chi connectivity index (χ1v) is 5.48. The Kier molecular flexibility index (Phi) is 2.49. The van der Waals surface area contributed by atoms with Crippen molar-refractivity contribution >= 4 is 0 Å². The van der Waals surface area contributed by atoms with Gasteiger partial charge in [-0.3, -0.25) is 0 Å². The second kappa shape index (κ2) is 3.64. The molecule has 0 saturated carbocycles. The van der Waals surface area contributed by atoms with Crippen molar-refractivity contribution in [2.24, 2.45) is 0 Å². The SMILES string of the molecule is CCC1CC(C)c2cc(C)ccc2O1. The molecule has 2 rings (SSSR count). The molecule has 0 aromatic heterocycles. The lowest BCUT2D eigenvalue weighted by Gasteiger charge is -2.30. The van der Waals surface area contributed by atoms with Crippen LogP contribution in [0.3, 0.4) is 0 Å². The summed E-state index contributed by atoms with van der Waals surface area (Å²) in [7, 11) is 0. The first kappa shape index (κ1) is 9.57. The van der Waals surface area contributed by atoms with Gasteiger partial charge in [0.05, 0.1) is 6.10 Å². The van der Waals surface area contributed by atoms with E-state index in [1.807, 2.05) is 0 Å². The zero-order valence-electron chi connectivity index (χ0n) is 9.21. The molecule has 0 saturated heterocycles. The number of hydrogen-bond donors (Lipinski definition) is 0. The Bertz CT molecular complexity index is 330. The molecule has 1 heteroatoms. The lowest BCUT2D eigenvalue weighted by molar-refractivity contribution is 0.157. The van der Waals surface area contributed by atoms with Crippen molar-refractivity contribution in [2.75, 3.05) is 0 Å². The number of benzene rings is 1. The highest BCUT2D eigenvalue weighted by molar-refractivity contribution is 5.40. The van der Waals surface area contributed by atoms with Crippen LogP contribution in [0.4, 0.5) is 0 Å². The molecule has 0 bridgehead atoms. The van der Waals surface area contributed by atoms with E-state index in [0.717, 1.165) is 18.6 Å². The van der Waals surface area contributed by atoms with Gasteiger partial charge in [0.15, 0.2) is 0 Å². The van der Waals surface area contributed by atoms with Crippen molar-refractivity contribution < 1.29 is 4.74 Å². The molecule has 0 amide bonds. The van der Waals surface area contributed by atoms with Crippen LogP contribution < -0.4 is 4.74 Å². The summed E-state index contributed by atoms with van der Waals surface area (Å²) >= 11 is 0. The van der Waals surface area contributed by atoms with Crippen molar-refractivity contribution in [3.8, 4) is 5.75 Å². The topological polar surface area (TPSA) is 9.23 Å². The van der Waals surface area contributed by atoms with E-state index in [9.17, 15) is 0 Å². The summed E-state index contributed by atoms with van der Waals surface area (Å²) in [5.74, 6) is 1.74.